The molecule has 0 aromatic heterocycles. The number of carbonyl (C=O) groups excluding carboxylic acids is 1. The maximum absolute atomic E-state index is 13.1. The summed E-state index contributed by atoms with van der Waals surface area (Å²) in [6, 6.07) is 4.46. The molecule has 0 saturated carbocycles. The lowest BCUT2D eigenvalue weighted by atomic mass is 9.98. The second-order valence-electron chi connectivity index (χ2n) is 3.62. The Morgan fingerprint density at radius 1 is 1.53 bits per heavy atom. The highest BCUT2D eigenvalue weighted by Crippen LogP contribution is 2.23. The van der Waals surface area contributed by atoms with Crippen molar-refractivity contribution in [3.05, 3.63) is 35.1 Å². The van der Waals surface area contributed by atoms with E-state index in [0.29, 0.717) is 13.0 Å². The van der Waals surface area contributed by atoms with Crippen molar-refractivity contribution < 1.29 is 13.9 Å². The summed E-state index contributed by atoms with van der Waals surface area (Å²) in [6.45, 7) is 2.28. The van der Waals surface area contributed by atoms with Crippen LogP contribution >= 0.6 is 0 Å². The topological polar surface area (TPSA) is 38.3 Å². The minimum atomic E-state index is -0.435. The first kappa shape index (κ1) is 9.96. The summed E-state index contributed by atoms with van der Waals surface area (Å²) in [6.07, 6.45) is 0.241. The third kappa shape index (κ3) is 2.09. The van der Waals surface area contributed by atoms with Crippen molar-refractivity contribution >= 4 is 6.09 Å². The van der Waals surface area contributed by atoms with Crippen molar-refractivity contribution in [3.63, 3.8) is 0 Å². The SMILES string of the molecule is Cc1ccc(F)cc1[C@H]1CCOC(=O)N1. The molecule has 15 heavy (non-hydrogen) atoms. The average Bonchev–Trinajstić information content (AvgIpc) is 2.22. The molecule has 1 aliphatic rings. The van der Waals surface area contributed by atoms with Gasteiger partial charge in [-0.2, -0.15) is 0 Å². The molecule has 2 rings (SSSR count). The number of amides is 1. The van der Waals surface area contributed by atoms with E-state index in [1.54, 1.807) is 6.07 Å². The van der Waals surface area contributed by atoms with Gasteiger partial charge in [-0.15, -0.1) is 0 Å². The van der Waals surface area contributed by atoms with E-state index in [4.69, 9.17) is 4.74 Å². The van der Waals surface area contributed by atoms with Gasteiger partial charge in [0.15, 0.2) is 0 Å². The van der Waals surface area contributed by atoms with E-state index in [0.717, 1.165) is 11.1 Å². The van der Waals surface area contributed by atoms with Crippen LogP contribution in [0.3, 0.4) is 0 Å². The summed E-state index contributed by atoms with van der Waals surface area (Å²) in [5, 5.41) is 2.67. The highest BCUT2D eigenvalue weighted by atomic mass is 19.1. The number of alkyl carbamates (subject to hydrolysis) is 1. The van der Waals surface area contributed by atoms with Crippen LogP contribution in [0.5, 0.6) is 0 Å². The van der Waals surface area contributed by atoms with Gasteiger partial charge in [0.25, 0.3) is 0 Å². The molecule has 0 spiro atoms. The summed E-state index contributed by atoms with van der Waals surface area (Å²) in [4.78, 5) is 11.0. The number of halogens is 1. The average molecular weight is 209 g/mol. The lowest BCUT2D eigenvalue weighted by Gasteiger charge is -2.24. The van der Waals surface area contributed by atoms with Gasteiger partial charge in [-0.3, -0.25) is 0 Å². The number of cyclic esters (lactones) is 1. The largest absolute Gasteiger partial charge is 0.449 e. The molecule has 1 fully saturated rings. The predicted octanol–water partition coefficient (Wildman–Crippen LogP) is 2.31. The molecule has 4 heteroatoms. The zero-order valence-electron chi connectivity index (χ0n) is 8.42. The van der Waals surface area contributed by atoms with Gasteiger partial charge < -0.3 is 10.1 Å². The van der Waals surface area contributed by atoms with E-state index in [9.17, 15) is 9.18 Å². The first-order chi connectivity index (χ1) is 7.16. The lowest BCUT2D eigenvalue weighted by molar-refractivity contribution is 0.115. The molecule has 1 heterocycles. The molecule has 1 amide bonds. The van der Waals surface area contributed by atoms with Crippen molar-refractivity contribution in [2.75, 3.05) is 6.61 Å². The first-order valence-corrected chi connectivity index (χ1v) is 4.86. The Bertz CT molecular complexity index is 392. The number of benzene rings is 1. The van der Waals surface area contributed by atoms with E-state index < -0.39 is 6.09 Å². The predicted molar refractivity (Wildman–Crippen MR) is 53.0 cm³/mol. The van der Waals surface area contributed by atoms with Gasteiger partial charge in [0.2, 0.25) is 0 Å². The van der Waals surface area contributed by atoms with Crippen molar-refractivity contribution in [3.8, 4) is 0 Å². The van der Waals surface area contributed by atoms with E-state index in [1.807, 2.05) is 6.92 Å². The van der Waals surface area contributed by atoms with Crippen LogP contribution in [-0.2, 0) is 4.74 Å². The quantitative estimate of drug-likeness (QED) is 0.770. The third-order valence-electron chi connectivity index (χ3n) is 2.55. The van der Waals surface area contributed by atoms with E-state index >= 15 is 0 Å². The van der Waals surface area contributed by atoms with E-state index in [-0.39, 0.29) is 11.9 Å². The first-order valence-electron chi connectivity index (χ1n) is 4.86. The number of ether oxygens (including phenoxy) is 1. The van der Waals surface area contributed by atoms with Crippen LogP contribution in [0.1, 0.15) is 23.6 Å². The fourth-order valence-corrected chi connectivity index (χ4v) is 1.75. The molecule has 0 bridgehead atoms. The Morgan fingerprint density at radius 3 is 3.07 bits per heavy atom. The van der Waals surface area contributed by atoms with Gasteiger partial charge in [-0.05, 0) is 30.2 Å². The number of nitrogens with one attached hydrogen (secondary N) is 1. The molecule has 0 aliphatic carbocycles. The second kappa shape index (κ2) is 3.88. The molecule has 1 aliphatic heterocycles. The van der Waals surface area contributed by atoms with Crippen LogP contribution in [0.4, 0.5) is 9.18 Å². The highest BCUT2D eigenvalue weighted by molar-refractivity contribution is 5.68. The van der Waals surface area contributed by atoms with Crippen molar-refractivity contribution in [2.24, 2.45) is 0 Å². The van der Waals surface area contributed by atoms with Crippen LogP contribution in [0.15, 0.2) is 18.2 Å². The molecule has 1 aromatic rings. The fourth-order valence-electron chi connectivity index (χ4n) is 1.75. The Hall–Kier alpha value is -1.58. The van der Waals surface area contributed by atoms with Gasteiger partial charge in [-0.25, -0.2) is 9.18 Å². The van der Waals surface area contributed by atoms with Gasteiger partial charge in [0.1, 0.15) is 5.82 Å². The van der Waals surface area contributed by atoms with Crippen molar-refractivity contribution in [1.29, 1.82) is 0 Å². The van der Waals surface area contributed by atoms with Crippen molar-refractivity contribution in [2.45, 2.75) is 19.4 Å². The van der Waals surface area contributed by atoms with E-state index in [1.165, 1.54) is 12.1 Å². The number of carbonyl (C=O) groups is 1. The minimum Gasteiger partial charge on any atom is -0.449 e. The zero-order chi connectivity index (χ0) is 10.8. The molecule has 1 aromatic carbocycles. The Balaban J connectivity index is 2.27. The van der Waals surface area contributed by atoms with Gasteiger partial charge >= 0.3 is 6.09 Å². The van der Waals surface area contributed by atoms with Crippen LogP contribution in [0.25, 0.3) is 0 Å². The molecular formula is C11H12FNO2. The summed E-state index contributed by atoms with van der Waals surface area (Å²) >= 11 is 0. The highest BCUT2D eigenvalue weighted by Gasteiger charge is 2.22. The Labute approximate surface area is 87.2 Å². The second-order valence-corrected chi connectivity index (χ2v) is 3.62. The summed E-state index contributed by atoms with van der Waals surface area (Å²) in [5.41, 5.74) is 1.80. The van der Waals surface area contributed by atoms with Gasteiger partial charge in [0, 0.05) is 6.42 Å². The van der Waals surface area contributed by atoms with Gasteiger partial charge in [-0.1, -0.05) is 6.07 Å². The molecule has 80 valence electrons. The zero-order valence-corrected chi connectivity index (χ0v) is 8.42. The fraction of sp³-hybridized carbons (Fsp3) is 0.364. The smallest absolute Gasteiger partial charge is 0.407 e. The van der Waals surface area contributed by atoms with Gasteiger partial charge in [0.05, 0.1) is 12.6 Å². The summed E-state index contributed by atoms with van der Waals surface area (Å²) < 4.78 is 17.8. The molecule has 1 saturated heterocycles. The molecule has 0 unspecified atom stereocenters. The molecule has 1 atom stereocenters. The molecule has 0 radical (unpaired) electrons. The lowest BCUT2D eigenvalue weighted by Crippen LogP contribution is -2.35. The standard InChI is InChI=1S/C11H12FNO2/c1-7-2-3-8(12)6-9(7)10-4-5-15-11(14)13-10/h2-3,6,10H,4-5H2,1H3,(H,13,14)/t10-/m1/s1. The number of rotatable bonds is 1. The molecule has 3 nitrogen and oxygen atoms in total. The van der Waals surface area contributed by atoms with Crippen LogP contribution in [0, 0.1) is 12.7 Å². The Morgan fingerprint density at radius 2 is 2.33 bits per heavy atom. The molecular weight excluding hydrogens is 197 g/mol. The van der Waals surface area contributed by atoms with Crippen LogP contribution < -0.4 is 5.32 Å². The summed E-state index contributed by atoms with van der Waals surface area (Å²) in [7, 11) is 0. The van der Waals surface area contributed by atoms with Crippen LogP contribution in [0.2, 0.25) is 0 Å². The molecule has 1 N–H and O–H groups in total. The third-order valence-corrected chi connectivity index (χ3v) is 2.55. The maximum atomic E-state index is 13.1. The van der Waals surface area contributed by atoms with E-state index in [2.05, 4.69) is 5.32 Å². The minimum absolute atomic E-state index is 0.137. The monoisotopic (exact) mass is 209 g/mol. The normalized spacial score (nSPS) is 20.7. The number of hydrogen-bond acceptors (Lipinski definition) is 2. The van der Waals surface area contributed by atoms with Crippen LogP contribution in [-0.4, -0.2) is 12.7 Å². The maximum Gasteiger partial charge on any atom is 0.407 e. The summed E-state index contributed by atoms with van der Waals surface area (Å²) in [5.74, 6) is -0.281. The number of aryl methyl sites for hydroxylation is 1. The number of hydrogen-bond donors (Lipinski definition) is 1. The van der Waals surface area contributed by atoms with Crippen molar-refractivity contribution in [1.82, 2.24) is 5.32 Å². The Kier molecular flexibility index (Phi) is 2.58.